The van der Waals surface area contributed by atoms with Crippen LogP contribution in [-0.4, -0.2) is 32.8 Å². The Balaban J connectivity index is 1.61. The number of halogens is 3. The minimum Gasteiger partial charge on any atom is -0.497 e. The van der Waals surface area contributed by atoms with Crippen molar-refractivity contribution >= 4 is 11.7 Å². The van der Waals surface area contributed by atoms with Crippen molar-refractivity contribution in [1.82, 2.24) is 19.7 Å². The summed E-state index contributed by atoms with van der Waals surface area (Å²) in [5, 5.41) is 6.69. The first-order valence-electron chi connectivity index (χ1n) is 9.34. The zero-order valence-electron chi connectivity index (χ0n) is 16.7. The molecule has 1 aromatic carbocycles. The fraction of sp³-hybridized carbons (Fsp3) is 0.0909. The van der Waals surface area contributed by atoms with E-state index in [9.17, 15) is 18.0 Å². The van der Waals surface area contributed by atoms with Crippen molar-refractivity contribution in [2.45, 2.75) is 6.18 Å². The van der Waals surface area contributed by atoms with Crippen molar-refractivity contribution in [3.63, 3.8) is 0 Å². The van der Waals surface area contributed by atoms with E-state index in [-0.39, 0.29) is 17.2 Å². The maximum absolute atomic E-state index is 13.6. The number of anilines is 1. The molecule has 162 valence electrons. The van der Waals surface area contributed by atoms with Gasteiger partial charge in [-0.2, -0.15) is 18.3 Å². The number of nitrogens with zero attached hydrogens (tertiary/aromatic N) is 4. The van der Waals surface area contributed by atoms with E-state index in [4.69, 9.17) is 4.74 Å². The molecule has 0 unspecified atom stereocenters. The van der Waals surface area contributed by atoms with Gasteiger partial charge in [-0.05, 0) is 48.5 Å². The van der Waals surface area contributed by atoms with Crippen molar-refractivity contribution in [2.75, 3.05) is 12.4 Å². The zero-order chi connectivity index (χ0) is 22.7. The van der Waals surface area contributed by atoms with Gasteiger partial charge in [0.1, 0.15) is 17.3 Å². The van der Waals surface area contributed by atoms with Crippen LogP contribution in [0.1, 0.15) is 16.1 Å². The normalized spacial score (nSPS) is 11.2. The first-order valence-corrected chi connectivity index (χ1v) is 9.34. The van der Waals surface area contributed by atoms with Crippen LogP contribution in [0.15, 0.2) is 73.2 Å². The number of methoxy groups -OCH3 is 1. The van der Waals surface area contributed by atoms with E-state index in [1.165, 1.54) is 37.8 Å². The largest absolute Gasteiger partial charge is 0.497 e. The molecule has 4 rings (SSSR count). The van der Waals surface area contributed by atoms with Crippen LogP contribution in [0.4, 0.5) is 19.0 Å². The summed E-state index contributed by atoms with van der Waals surface area (Å²) in [6.45, 7) is 0. The summed E-state index contributed by atoms with van der Waals surface area (Å²) in [4.78, 5) is 20.4. The minimum atomic E-state index is -4.63. The highest BCUT2D eigenvalue weighted by molar-refractivity contribution is 6.04. The number of hydrogen-bond donors (Lipinski definition) is 1. The molecule has 7 nitrogen and oxygen atoms in total. The molecular formula is C22H16F3N5O2. The zero-order valence-corrected chi connectivity index (χ0v) is 16.7. The summed E-state index contributed by atoms with van der Waals surface area (Å²) in [6, 6.07) is 13.5. The Bertz CT molecular complexity index is 1240. The molecule has 3 aromatic heterocycles. The number of rotatable bonds is 5. The number of aromatic nitrogens is 4. The minimum absolute atomic E-state index is 0.0897. The van der Waals surface area contributed by atoms with Crippen molar-refractivity contribution in [3.8, 4) is 22.7 Å². The molecule has 1 N–H and O–H groups in total. The van der Waals surface area contributed by atoms with Crippen LogP contribution in [0, 0.1) is 0 Å². The third-order valence-electron chi connectivity index (χ3n) is 4.52. The van der Waals surface area contributed by atoms with Gasteiger partial charge in [-0.25, -0.2) is 9.67 Å². The van der Waals surface area contributed by atoms with Gasteiger partial charge in [-0.1, -0.05) is 6.07 Å². The fourth-order valence-electron chi connectivity index (χ4n) is 2.97. The number of benzene rings is 1. The number of carbonyl (C=O) groups excluding carboxylic acids is 1. The van der Waals surface area contributed by atoms with E-state index in [2.05, 4.69) is 20.4 Å². The second kappa shape index (κ2) is 8.50. The van der Waals surface area contributed by atoms with E-state index in [1.807, 2.05) is 0 Å². The van der Waals surface area contributed by atoms with E-state index in [0.29, 0.717) is 16.9 Å². The van der Waals surface area contributed by atoms with Crippen LogP contribution in [0.5, 0.6) is 5.75 Å². The molecule has 3 heterocycles. The molecular weight excluding hydrogens is 423 g/mol. The molecule has 0 spiro atoms. The van der Waals surface area contributed by atoms with E-state index in [0.717, 1.165) is 10.7 Å². The smallest absolute Gasteiger partial charge is 0.433 e. The Morgan fingerprint density at radius 3 is 2.56 bits per heavy atom. The molecule has 32 heavy (non-hydrogen) atoms. The van der Waals surface area contributed by atoms with Gasteiger partial charge in [0.05, 0.1) is 24.7 Å². The lowest BCUT2D eigenvalue weighted by molar-refractivity contribution is -0.142. The van der Waals surface area contributed by atoms with Gasteiger partial charge in [-0.3, -0.25) is 9.78 Å². The number of pyridine rings is 2. The van der Waals surface area contributed by atoms with Crippen molar-refractivity contribution in [2.24, 2.45) is 0 Å². The van der Waals surface area contributed by atoms with Crippen molar-refractivity contribution in [3.05, 3.63) is 84.4 Å². The summed E-state index contributed by atoms with van der Waals surface area (Å²) in [7, 11) is 1.49. The number of ether oxygens (including phenoxy) is 1. The van der Waals surface area contributed by atoms with Crippen LogP contribution in [-0.2, 0) is 6.18 Å². The summed E-state index contributed by atoms with van der Waals surface area (Å²) >= 11 is 0. The first kappa shape index (κ1) is 21.0. The molecule has 0 saturated heterocycles. The summed E-state index contributed by atoms with van der Waals surface area (Å²) in [5.41, 5.74) is 0.0636. The Morgan fingerprint density at radius 1 is 1.06 bits per heavy atom. The lowest BCUT2D eigenvalue weighted by Crippen LogP contribution is -2.15. The predicted molar refractivity (Wildman–Crippen MR) is 111 cm³/mol. The van der Waals surface area contributed by atoms with Crippen LogP contribution in [0.3, 0.4) is 0 Å². The Labute approximate surface area is 180 Å². The Morgan fingerprint density at radius 2 is 1.91 bits per heavy atom. The fourth-order valence-corrected chi connectivity index (χ4v) is 2.97. The van der Waals surface area contributed by atoms with Crippen LogP contribution < -0.4 is 10.1 Å². The Hall–Kier alpha value is -4.21. The molecule has 0 atom stereocenters. The third-order valence-corrected chi connectivity index (χ3v) is 4.52. The quantitative estimate of drug-likeness (QED) is 0.491. The highest BCUT2D eigenvalue weighted by Crippen LogP contribution is 2.34. The predicted octanol–water partition coefficient (Wildman–Crippen LogP) is 4.61. The maximum atomic E-state index is 13.6. The third kappa shape index (κ3) is 4.43. The molecule has 4 aromatic rings. The average Bonchev–Trinajstić information content (AvgIpc) is 3.26. The van der Waals surface area contributed by atoms with E-state index >= 15 is 0 Å². The number of amides is 1. The van der Waals surface area contributed by atoms with Gasteiger partial charge in [0.15, 0.2) is 0 Å². The molecule has 0 bridgehead atoms. The molecule has 10 heteroatoms. The van der Waals surface area contributed by atoms with Crippen molar-refractivity contribution < 1.29 is 22.7 Å². The lowest BCUT2D eigenvalue weighted by Gasteiger charge is -2.11. The number of carbonyl (C=O) groups is 1. The SMILES string of the molecule is COc1cccc(C(=O)Nc2ccc(-n3nc(-c4cccnc4)cc3C(F)(F)F)cn2)c1. The summed E-state index contributed by atoms with van der Waals surface area (Å²) in [5.74, 6) is 0.261. The molecule has 0 aliphatic carbocycles. The second-order valence-corrected chi connectivity index (χ2v) is 6.65. The van der Waals surface area contributed by atoms with Crippen molar-refractivity contribution in [1.29, 1.82) is 0 Å². The van der Waals surface area contributed by atoms with Gasteiger partial charge in [0, 0.05) is 23.5 Å². The average molecular weight is 439 g/mol. The summed E-state index contributed by atoms with van der Waals surface area (Å²) < 4.78 is 46.7. The lowest BCUT2D eigenvalue weighted by atomic mass is 10.2. The van der Waals surface area contributed by atoms with Gasteiger partial charge in [-0.15, -0.1) is 0 Å². The highest BCUT2D eigenvalue weighted by Gasteiger charge is 2.36. The Kier molecular flexibility index (Phi) is 5.59. The monoisotopic (exact) mass is 439 g/mol. The number of nitrogens with one attached hydrogen (secondary N) is 1. The standard InChI is InChI=1S/C22H16F3N5O2/c1-32-17-6-2-4-14(10-17)21(31)28-20-8-7-16(13-27-20)30-19(22(23,24)25)11-18(29-30)15-5-3-9-26-12-15/h2-13H,1H3,(H,27,28,31). The van der Waals surface area contributed by atoms with E-state index < -0.39 is 17.8 Å². The van der Waals surface area contributed by atoms with Gasteiger partial charge < -0.3 is 10.1 Å². The van der Waals surface area contributed by atoms with Gasteiger partial charge in [0.25, 0.3) is 5.91 Å². The molecule has 0 saturated carbocycles. The summed E-state index contributed by atoms with van der Waals surface area (Å²) in [6.07, 6.45) is -0.473. The number of hydrogen-bond acceptors (Lipinski definition) is 5. The molecule has 0 aliphatic rings. The molecule has 0 aliphatic heterocycles. The van der Waals surface area contributed by atoms with E-state index in [1.54, 1.807) is 36.4 Å². The maximum Gasteiger partial charge on any atom is 0.433 e. The van der Waals surface area contributed by atoms with Gasteiger partial charge >= 0.3 is 6.18 Å². The van der Waals surface area contributed by atoms with Crippen LogP contribution in [0.2, 0.25) is 0 Å². The van der Waals surface area contributed by atoms with Crippen LogP contribution in [0.25, 0.3) is 16.9 Å². The topological polar surface area (TPSA) is 81.9 Å². The highest BCUT2D eigenvalue weighted by atomic mass is 19.4. The molecule has 0 fully saturated rings. The molecule has 0 radical (unpaired) electrons. The van der Waals surface area contributed by atoms with Gasteiger partial charge in [0.2, 0.25) is 0 Å². The first-order chi connectivity index (χ1) is 15.3. The second-order valence-electron chi connectivity index (χ2n) is 6.65. The molecule has 1 amide bonds. The van der Waals surface area contributed by atoms with Crippen LogP contribution >= 0.6 is 0 Å². The number of alkyl halides is 3.